The van der Waals surface area contributed by atoms with E-state index in [9.17, 15) is 4.79 Å². The highest BCUT2D eigenvalue weighted by Gasteiger charge is 2.50. The first-order valence-electron chi connectivity index (χ1n) is 3.30. The summed E-state index contributed by atoms with van der Waals surface area (Å²) in [5.74, 6) is -0.275. The number of hydrogen-bond acceptors (Lipinski definition) is 3. The van der Waals surface area contributed by atoms with E-state index in [1.54, 1.807) is 6.07 Å². The number of halogens is 2. The maximum absolute atomic E-state index is 11.5. The Bertz CT molecular complexity index is 347. The summed E-state index contributed by atoms with van der Waals surface area (Å²) in [6, 6.07) is 1.20. The number of ketones is 1. The van der Waals surface area contributed by atoms with Gasteiger partial charge in [-0.1, -0.05) is 23.2 Å². The van der Waals surface area contributed by atoms with Crippen LogP contribution in [0.1, 0.15) is 21.3 Å². The first-order chi connectivity index (χ1) is 5.55. The lowest BCUT2D eigenvalue weighted by molar-refractivity contribution is 0.0982. The van der Waals surface area contributed by atoms with Crippen molar-refractivity contribution in [2.24, 2.45) is 5.73 Å². The number of hydrogen-bond donors (Lipinski definition) is 1. The first kappa shape index (κ1) is 8.51. The fourth-order valence-electron chi connectivity index (χ4n) is 1.24. The molecule has 0 aliphatic heterocycles. The van der Waals surface area contributed by atoms with E-state index in [2.05, 4.69) is 0 Å². The molecule has 0 saturated heterocycles. The number of carbonyl (C=O) groups excluding carboxylic acids is 1. The molecular formula is C7H5Cl2NOS. The van der Waals surface area contributed by atoms with Gasteiger partial charge in [-0.05, 0) is 17.0 Å². The van der Waals surface area contributed by atoms with Gasteiger partial charge in [0.1, 0.15) is 0 Å². The number of thiophene rings is 1. The molecule has 0 spiro atoms. The minimum Gasteiger partial charge on any atom is -0.321 e. The van der Waals surface area contributed by atoms with E-state index in [1.807, 2.05) is 5.38 Å². The number of nitrogens with two attached hydrogens (primary N) is 1. The third-order valence-electron chi connectivity index (χ3n) is 1.93. The predicted octanol–water partition coefficient (Wildman–Crippen LogP) is 2.12. The lowest BCUT2D eigenvalue weighted by Crippen LogP contribution is -2.31. The Hall–Kier alpha value is -0.0900. The maximum Gasteiger partial charge on any atom is 0.210 e. The van der Waals surface area contributed by atoms with Gasteiger partial charge in [0.2, 0.25) is 5.78 Å². The van der Waals surface area contributed by atoms with Crippen LogP contribution in [0.5, 0.6) is 0 Å². The molecule has 2 N–H and O–H groups in total. The Morgan fingerprint density at radius 3 is 2.83 bits per heavy atom. The van der Waals surface area contributed by atoms with Crippen LogP contribution in [0.2, 0.25) is 0 Å². The number of fused-ring (bicyclic) bond motifs is 1. The first-order valence-corrected chi connectivity index (χ1v) is 4.94. The van der Waals surface area contributed by atoms with Crippen LogP contribution >= 0.6 is 34.5 Å². The summed E-state index contributed by atoms with van der Waals surface area (Å²) in [6.07, 6.45) is 0. The number of rotatable bonds is 0. The minimum absolute atomic E-state index is 0.275. The van der Waals surface area contributed by atoms with E-state index in [0.29, 0.717) is 4.88 Å². The standard InChI is InChI=1S/C7H5Cl2NOS/c8-7(9)5(10)3-1-2-12-4(3)6(7)11/h1-2,5H,10H2. The molecule has 1 atom stereocenters. The van der Waals surface area contributed by atoms with Crippen LogP contribution in [0.4, 0.5) is 0 Å². The molecule has 0 aromatic carbocycles. The average Bonchev–Trinajstić information content (AvgIpc) is 2.53. The Kier molecular flexibility index (Phi) is 1.74. The second-order valence-corrected chi connectivity index (χ2v) is 4.94. The molecule has 64 valence electrons. The SMILES string of the molecule is NC1c2ccsc2C(=O)C1(Cl)Cl. The van der Waals surface area contributed by atoms with Crippen LogP contribution in [0.3, 0.4) is 0 Å². The van der Waals surface area contributed by atoms with Gasteiger partial charge in [-0.25, -0.2) is 0 Å². The molecule has 1 aromatic heterocycles. The summed E-state index contributed by atoms with van der Waals surface area (Å²) in [4.78, 5) is 12.0. The third kappa shape index (κ3) is 0.879. The summed E-state index contributed by atoms with van der Waals surface area (Å²) in [5.41, 5.74) is 6.44. The fourth-order valence-corrected chi connectivity index (χ4v) is 2.72. The molecule has 2 rings (SSSR count). The van der Waals surface area contributed by atoms with E-state index < -0.39 is 10.4 Å². The zero-order valence-corrected chi connectivity index (χ0v) is 8.21. The van der Waals surface area contributed by atoms with Crippen molar-refractivity contribution in [3.05, 3.63) is 21.9 Å². The minimum atomic E-state index is -1.46. The van der Waals surface area contributed by atoms with Crippen molar-refractivity contribution >= 4 is 40.3 Å². The van der Waals surface area contributed by atoms with E-state index in [0.717, 1.165) is 5.56 Å². The molecule has 12 heavy (non-hydrogen) atoms. The average molecular weight is 222 g/mol. The molecule has 1 unspecified atom stereocenters. The molecule has 0 amide bonds. The smallest absolute Gasteiger partial charge is 0.210 e. The zero-order valence-electron chi connectivity index (χ0n) is 5.88. The summed E-state index contributed by atoms with van der Waals surface area (Å²) < 4.78 is -1.46. The molecule has 0 fully saturated rings. The van der Waals surface area contributed by atoms with Gasteiger partial charge in [0, 0.05) is 0 Å². The van der Waals surface area contributed by atoms with Crippen LogP contribution in [0, 0.1) is 0 Å². The third-order valence-corrected chi connectivity index (χ3v) is 3.67. The second-order valence-electron chi connectivity index (χ2n) is 2.63. The summed E-state index contributed by atoms with van der Waals surface area (Å²) in [5, 5.41) is 1.81. The molecular weight excluding hydrogens is 217 g/mol. The monoisotopic (exact) mass is 221 g/mol. The molecule has 1 heterocycles. The molecule has 2 nitrogen and oxygen atoms in total. The number of alkyl halides is 2. The molecule has 1 aromatic rings. The van der Waals surface area contributed by atoms with Gasteiger partial charge in [0.05, 0.1) is 10.9 Å². The number of Topliss-reactive ketones (excluding diaryl/α,β-unsaturated/α-hetero) is 1. The molecule has 0 radical (unpaired) electrons. The lowest BCUT2D eigenvalue weighted by Gasteiger charge is -2.15. The van der Waals surface area contributed by atoms with E-state index in [-0.39, 0.29) is 5.78 Å². The normalized spacial score (nSPS) is 25.9. The maximum atomic E-state index is 11.5. The summed E-state index contributed by atoms with van der Waals surface area (Å²) in [6.45, 7) is 0. The van der Waals surface area contributed by atoms with Crippen molar-refractivity contribution in [2.45, 2.75) is 10.4 Å². The van der Waals surface area contributed by atoms with Crippen molar-refractivity contribution in [1.82, 2.24) is 0 Å². The molecule has 0 bridgehead atoms. The fraction of sp³-hybridized carbons (Fsp3) is 0.286. The number of carbonyl (C=O) groups is 1. The van der Waals surface area contributed by atoms with Crippen LogP contribution in [-0.2, 0) is 0 Å². The van der Waals surface area contributed by atoms with Gasteiger partial charge in [-0.2, -0.15) is 0 Å². The zero-order chi connectivity index (χ0) is 8.93. The van der Waals surface area contributed by atoms with Gasteiger partial charge in [-0.3, -0.25) is 4.79 Å². The van der Waals surface area contributed by atoms with Gasteiger partial charge < -0.3 is 5.73 Å². The summed E-state index contributed by atoms with van der Waals surface area (Å²) >= 11 is 12.9. The highest BCUT2D eigenvalue weighted by molar-refractivity contribution is 7.13. The van der Waals surface area contributed by atoms with Gasteiger partial charge >= 0.3 is 0 Å². The topological polar surface area (TPSA) is 43.1 Å². The van der Waals surface area contributed by atoms with Crippen LogP contribution in [0.15, 0.2) is 11.4 Å². The second kappa shape index (κ2) is 2.45. The molecule has 1 aliphatic carbocycles. The molecule has 1 aliphatic rings. The Morgan fingerprint density at radius 1 is 1.58 bits per heavy atom. The molecule has 0 saturated carbocycles. The van der Waals surface area contributed by atoms with E-state index in [1.165, 1.54) is 11.3 Å². The van der Waals surface area contributed by atoms with Gasteiger partial charge in [0.15, 0.2) is 4.33 Å². The van der Waals surface area contributed by atoms with E-state index in [4.69, 9.17) is 28.9 Å². The largest absolute Gasteiger partial charge is 0.321 e. The lowest BCUT2D eigenvalue weighted by atomic mass is 10.2. The molecule has 5 heteroatoms. The Labute approximate surface area is 83.3 Å². The van der Waals surface area contributed by atoms with Crippen LogP contribution in [-0.4, -0.2) is 10.1 Å². The van der Waals surface area contributed by atoms with Gasteiger partial charge in [-0.15, -0.1) is 11.3 Å². The predicted molar refractivity (Wildman–Crippen MR) is 50.0 cm³/mol. The Balaban J connectivity index is 2.61. The van der Waals surface area contributed by atoms with Gasteiger partial charge in [0.25, 0.3) is 0 Å². The van der Waals surface area contributed by atoms with Crippen LogP contribution < -0.4 is 5.73 Å². The van der Waals surface area contributed by atoms with Crippen molar-refractivity contribution in [3.8, 4) is 0 Å². The Morgan fingerprint density at radius 2 is 2.25 bits per heavy atom. The highest BCUT2D eigenvalue weighted by Crippen LogP contribution is 2.46. The summed E-state index contributed by atoms with van der Waals surface area (Å²) in [7, 11) is 0. The highest BCUT2D eigenvalue weighted by atomic mass is 35.5. The van der Waals surface area contributed by atoms with E-state index >= 15 is 0 Å². The van der Waals surface area contributed by atoms with Crippen molar-refractivity contribution in [3.63, 3.8) is 0 Å². The quantitative estimate of drug-likeness (QED) is 0.683. The van der Waals surface area contributed by atoms with Crippen molar-refractivity contribution in [2.75, 3.05) is 0 Å². The van der Waals surface area contributed by atoms with Crippen molar-refractivity contribution < 1.29 is 4.79 Å². The van der Waals surface area contributed by atoms with Crippen LogP contribution in [0.25, 0.3) is 0 Å². The van der Waals surface area contributed by atoms with Crippen molar-refractivity contribution in [1.29, 1.82) is 0 Å².